The van der Waals surface area contributed by atoms with Gasteiger partial charge in [0.2, 0.25) is 5.91 Å². The summed E-state index contributed by atoms with van der Waals surface area (Å²) in [4.78, 5) is 27.1. The first-order chi connectivity index (χ1) is 13.9. The monoisotopic (exact) mass is 403 g/mol. The van der Waals surface area contributed by atoms with Gasteiger partial charge in [-0.2, -0.15) is 0 Å². The van der Waals surface area contributed by atoms with E-state index < -0.39 is 40.7 Å². The molecule has 0 unspecified atom stereocenters. The standard InChI is InChI=1S/C22H20F3NO3/c1-29-20(27)18-12-26(11-17(18)16-6-5-15(24)10-19(16)25)21(28)22(7-8-22)13-3-2-4-14(23)9-13/h2-6,9-10,17-18H,7-8,11-12H2,1H3/t17-,18+/m1/s1. The van der Waals surface area contributed by atoms with Gasteiger partial charge < -0.3 is 9.64 Å². The van der Waals surface area contributed by atoms with Gasteiger partial charge in [-0.1, -0.05) is 18.2 Å². The van der Waals surface area contributed by atoms with Crippen LogP contribution >= 0.6 is 0 Å². The number of ether oxygens (including phenoxy) is 1. The fourth-order valence-corrected chi connectivity index (χ4v) is 4.32. The maximum absolute atomic E-state index is 14.4. The zero-order valence-electron chi connectivity index (χ0n) is 15.8. The zero-order chi connectivity index (χ0) is 20.8. The van der Waals surface area contributed by atoms with E-state index in [1.165, 1.54) is 30.2 Å². The molecule has 0 radical (unpaired) electrons. The van der Waals surface area contributed by atoms with E-state index in [0.29, 0.717) is 18.4 Å². The predicted octanol–water partition coefficient (Wildman–Crippen LogP) is 3.55. The fourth-order valence-electron chi connectivity index (χ4n) is 4.32. The molecule has 1 aliphatic carbocycles. The lowest BCUT2D eigenvalue weighted by atomic mass is 9.88. The molecule has 2 fully saturated rings. The van der Waals surface area contributed by atoms with Crippen molar-refractivity contribution in [3.63, 3.8) is 0 Å². The molecule has 4 rings (SSSR count). The van der Waals surface area contributed by atoms with Crippen LogP contribution < -0.4 is 0 Å². The van der Waals surface area contributed by atoms with E-state index >= 15 is 0 Å². The first-order valence-corrected chi connectivity index (χ1v) is 9.44. The lowest BCUT2D eigenvalue weighted by molar-refractivity contribution is -0.145. The van der Waals surface area contributed by atoms with Gasteiger partial charge >= 0.3 is 5.97 Å². The smallest absolute Gasteiger partial charge is 0.311 e. The van der Waals surface area contributed by atoms with Crippen LogP contribution in [0.4, 0.5) is 13.2 Å². The molecule has 1 saturated carbocycles. The highest BCUT2D eigenvalue weighted by molar-refractivity contribution is 5.92. The van der Waals surface area contributed by atoms with Crippen molar-refractivity contribution in [3.8, 4) is 0 Å². The van der Waals surface area contributed by atoms with Crippen LogP contribution in [0.25, 0.3) is 0 Å². The van der Waals surface area contributed by atoms with Gasteiger partial charge in [-0.25, -0.2) is 13.2 Å². The van der Waals surface area contributed by atoms with Crippen molar-refractivity contribution in [1.82, 2.24) is 4.90 Å². The number of amides is 1. The van der Waals surface area contributed by atoms with E-state index in [1.807, 2.05) is 0 Å². The van der Waals surface area contributed by atoms with E-state index in [4.69, 9.17) is 4.74 Å². The first kappa shape index (κ1) is 19.5. The van der Waals surface area contributed by atoms with E-state index in [2.05, 4.69) is 0 Å². The Bertz CT molecular complexity index is 974. The number of methoxy groups -OCH3 is 1. The Labute approximate surface area is 166 Å². The van der Waals surface area contributed by atoms with Crippen LogP contribution in [0.3, 0.4) is 0 Å². The van der Waals surface area contributed by atoms with Gasteiger partial charge in [-0.05, 0) is 42.2 Å². The molecule has 2 aliphatic rings. The third-order valence-electron chi connectivity index (χ3n) is 6.01. The summed E-state index contributed by atoms with van der Waals surface area (Å²) in [6.07, 6.45) is 1.18. The Morgan fingerprint density at radius 1 is 1.03 bits per heavy atom. The summed E-state index contributed by atoms with van der Waals surface area (Å²) in [7, 11) is 1.24. The van der Waals surface area contributed by atoms with Crippen molar-refractivity contribution in [2.24, 2.45) is 5.92 Å². The highest BCUT2D eigenvalue weighted by Crippen LogP contribution is 2.51. The second kappa shape index (κ2) is 7.21. The van der Waals surface area contributed by atoms with Gasteiger partial charge in [-0.15, -0.1) is 0 Å². The number of benzene rings is 2. The van der Waals surface area contributed by atoms with Crippen molar-refractivity contribution in [3.05, 3.63) is 71.0 Å². The predicted molar refractivity (Wildman–Crippen MR) is 98.5 cm³/mol. The molecule has 1 aliphatic heterocycles. The van der Waals surface area contributed by atoms with Crippen LogP contribution in [0.5, 0.6) is 0 Å². The highest BCUT2D eigenvalue weighted by atomic mass is 19.1. The average Bonchev–Trinajstić information content (AvgIpc) is 3.40. The summed E-state index contributed by atoms with van der Waals surface area (Å²) < 4.78 is 46.2. The summed E-state index contributed by atoms with van der Waals surface area (Å²) in [5.41, 5.74) is -0.0276. The van der Waals surface area contributed by atoms with Gasteiger partial charge in [0.05, 0.1) is 18.4 Å². The molecule has 1 amide bonds. The van der Waals surface area contributed by atoms with Crippen LogP contribution in [0.15, 0.2) is 42.5 Å². The minimum atomic E-state index is -0.807. The Morgan fingerprint density at radius 3 is 2.38 bits per heavy atom. The van der Waals surface area contributed by atoms with Gasteiger partial charge in [0, 0.05) is 25.1 Å². The topological polar surface area (TPSA) is 46.6 Å². The van der Waals surface area contributed by atoms with Gasteiger partial charge in [0.15, 0.2) is 0 Å². The van der Waals surface area contributed by atoms with E-state index in [0.717, 1.165) is 12.1 Å². The molecule has 7 heteroatoms. The number of nitrogens with zero attached hydrogens (tertiary/aromatic N) is 1. The summed E-state index contributed by atoms with van der Waals surface area (Å²) >= 11 is 0. The number of likely N-dealkylation sites (tertiary alicyclic amines) is 1. The zero-order valence-corrected chi connectivity index (χ0v) is 15.8. The number of hydrogen-bond acceptors (Lipinski definition) is 3. The lowest BCUT2D eigenvalue weighted by Crippen LogP contribution is -2.38. The molecule has 1 saturated heterocycles. The summed E-state index contributed by atoms with van der Waals surface area (Å²) in [5, 5.41) is 0. The molecule has 2 aromatic rings. The molecule has 1 heterocycles. The largest absolute Gasteiger partial charge is 0.469 e. The second-order valence-electron chi connectivity index (χ2n) is 7.70. The molecule has 4 nitrogen and oxygen atoms in total. The Morgan fingerprint density at radius 2 is 1.76 bits per heavy atom. The number of carbonyl (C=O) groups is 2. The Balaban J connectivity index is 1.64. The minimum absolute atomic E-state index is 0.0735. The lowest BCUT2D eigenvalue weighted by Gasteiger charge is -2.24. The van der Waals surface area contributed by atoms with Crippen LogP contribution in [0.2, 0.25) is 0 Å². The van der Waals surface area contributed by atoms with Crippen molar-refractivity contribution in [2.45, 2.75) is 24.2 Å². The van der Waals surface area contributed by atoms with Gasteiger partial charge in [-0.3, -0.25) is 9.59 Å². The van der Waals surface area contributed by atoms with Crippen LogP contribution in [0.1, 0.15) is 29.9 Å². The normalized spacial score (nSPS) is 22.4. The maximum Gasteiger partial charge on any atom is 0.311 e. The van der Waals surface area contributed by atoms with Crippen molar-refractivity contribution in [2.75, 3.05) is 20.2 Å². The van der Waals surface area contributed by atoms with Crippen LogP contribution in [-0.2, 0) is 19.7 Å². The van der Waals surface area contributed by atoms with E-state index in [-0.39, 0.29) is 24.6 Å². The fraction of sp³-hybridized carbons (Fsp3) is 0.364. The minimum Gasteiger partial charge on any atom is -0.469 e. The molecule has 152 valence electrons. The van der Waals surface area contributed by atoms with Crippen molar-refractivity contribution < 1.29 is 27.5 Å². The maximum atomic E-state index is 14.4. The number of rotatable bonds is 4. The SMILES string of the molecule is COC(=O)[C@H]1CN(C(=O)C2(c3cccc(F)c3)CC2)C[C@@H]1c1ccc(F)cc1F. The molecule has 29 heavy (non-hydrogen) atoms. The molecule has 0 aromatic heterocycles. The highest BCUT2D eigenvalue weighted by Gasteiger charge is 2.55. The number of hydrogen-bond donors (Lipinski definition) is 0. The molecule has 0 bridgehead atoms. The van der Waals surface area contributed by atoms with Crippen molar-refractivity contribution in [1.29, 1.82) is 0 Å². The molecule has 2 aromatic carbocycles. The van der Waals surface area contributed by atoms with Crippen LogP contribution in [0, 0.1) is 23.4 Å². The molecule has 2 atom stereocenters. The molecule has 0 spiro atoms. The van der Waals surface area contributed by atoms with E-state index in [9.17, 15) is 22.8 Å². The third-order valence-corrected chi connectivity index (χ3v) is 6.01. The van der Waals surface area contributed by atoms with Gasteiger partial charge in [0.25, 0.3) is 0 Å². The van der Waals surface area contributed by atoms with Crippen LogP contribution in [-0.4, -0.2) is 37.0 Å². The molecular formula is C22H20F3NO3. The third kappa shape index (κ3) is 3.39. The Hall–Kier alpha value is -2.83. The number of halogens is 3. The first-order valence-electron chi connectivity index (χ1n) is 9.44. The summed E-state index contributed by atoms with van der Waals surface area (Å²) in [5.74, 6) is -4.05. The quantitative estimate of drug-likeness (QED) is 0.734. The van der Waals surface area contributed by atoms with Crippen molar-refractivity contribution >= 4 is 11.9 Å². The molecule has 0 N–H and O–H groups in total. The second-order valence-corrected chi connectivity index (χ2v) is 7.70. The summed E-state index contributed by atoms with van der Waals surface area (Å²) in [6.45, 7) is 0.183. The Kier molecular flexibility index (Phi) is 4.84. The van der Waals surface area contributed by atoms with Gasteiger partial charge in [0.1, 0.15) is 17.5 Å². The van der Waals surface area contributed by atoms with E-state index in [1.54, 1.807) is 12.1 Å². The summed E-state index contributed by atoms with van der Waals surface area (Å²) in [6, 6.07) is 9.17. The number of carbonyl (C=O) groups excluding carboxylic acids is 2. The average molecular weight is 403 g/mol. The molecular weight excluding hydrogens is 383 g/mol. The number of esters is 1.